The number of aromatic nitrogens is 1. The second-order valence-corrected chi connectivity index (χ2v) is 11.0. The lowest BCUT2D eigenvalue weighted by Crippen LogP contribution is -2.42. The lowest BCUT2D eigenvalue weighted by molar-refractivity contribution is 0.0727. The van der Waals surface area contributed by atoms with Crippen LogP contribution in [-0.4, -0.2) is 60.0 Å². The summed E-state index contributed by atoms with van der Waals surface area (Å²) in [7, 11) is 4.37. The van der Waals surface area contributed by atoms with Crippen LogP contribution >= 0.6 is 11.3 Å². The Morgan fingerprint density at radius 2 is 1.76 bits per heavy atom. The Morgan fingerprint density at radius 1 is 1.09 bits per heavy atom. The number of anilines is 1. The van der Waals surface area contributed by atoms with E-state index in [0.29, 0.717) is 30.7 Å². The zero-order valence-corrected chi connectivity index (χ0v) is 21.8. The van der Waals surface area contributed by atoms with Crippen molar-refractivity contribution in [3.8, 4) is 0 Å². The van der Waals surface area contributed by atoms with Crippen LogP contribution < -0.4 is 10.5 Å². The van der Waals surface area contributed by atoms with E-state index in [1.165, 1.54) is 35.6 Å². The molecule has 1 fully saturated rings. The molecule has 2 aromatic heterocycles. The zero-order valence-electron chi connectivity index (χ0n) is 21.0. The minimum Gasteiger partial charge on any atom is -0.361 e. The number of thiophene rings is 1. The van der Waals surface area contributed by atoms with Gasteiger partial charge in [0.1, 0.15) is 0 Å². The lowest BCUT2D eigenvalue weighted by Gasteiger charge is -2.39. The molecule has 1 aliphatic carbocycles. The van der Waals surface area contributed by atoms with Gasteiger partial charge in [-0.25, -0.2) is 0 Å². The van der Waals surface area contributed by atoms with Gasteiger partial charge in [-0.05, 0) is 84.7 Å². The number of hydrogen-bond donors (Lipinski definition) is 1. The van der Waals surface area contributed by atoms with Crippen LogP contribution in [0.25, 0.3) is 0 Å². The Labute approximate surface area is 201 Å². The predicted molar refractivity (Wildman–Crippen MR) is 137 cm³/mol. The Morgan fingerprint density at radius 3 is 2.36 bits per heavy atom. The fraction of sp³-hybridized carbons (Fsp3) is 0.615. The molecular formula is C26H38N4O2S. The summed E-state index contributed by atoms with van der Waals surface area (Å²) in [6.45, 7) is 10.2. The van der Waals surface area contributed by atoms with Gasteiger partial charge in [0, 0.05) is 47.7 Å². The monoisotopic (exact) mass is 470 g/mol. The number of rotatable bonds is 6. The highest BCUT2D eigenvalue weighted by atomic mass is 32.1. The van der Waals surface area contributed by atoms with Crippen LogP contribution in [0.4, 0.5) is 5.00 Å². The third kappa shape index (κ3) is 4.62. The van der Waals surface area contributed by atoms with Gasteiger partial charge in [0.15, 0.2) is 0 Å². The second-order valence-electron chi connectivity index (χ2n) is 9.96. The van der Waals surface area contributed by atoms with Crippen LogP contribution in [0, 0.1) is 20.8 Å². The molecule has 2 aliphatic rings. The largest absolute Gasteiger partial charge is 0.361 e. The molecule has 2 aromatic rings. The number of carbonyl (C=O) groups excluding carboxylic acids is 1. The third-order valence-electron chi connectivity index (χ3n) is 7.59. The van der Waals surface area contributed by atoms with E-state index >= 15 is 0 Å². The number of amides is 1. The minimum absolute atomic E-state index is 0.0722. The summed E-state index contributed by atoms with van der Waals surface area (Å²) in [5, 5.41) is 1.27. The predicted octanol–water partition coefficient (Wildman–Crippen LogP) is 4.26. The van der Waals surface area contributed by atoms with Gasteiger partial charge in [-0.15, -0.1) is 11.3 Å². The molecule has 0 unspecified atom stereocenters. The topological polar surface area (TPSA) is 59.7 Å². The number of carbonyl (C=O) groups is 1. The first-order chi connectivity index (χ1) is 15.7. The molecule has 0 spiro atoms. The molecule has 6 nitrogen and oxygen atoms in total. The van der Waals surface area contributed by atoms with Crippen LogP contribution in [-0.2, 0) is 13.0 Å². The maximum atomic E-state index is 13.5. The van der Waals surface area contributed by atoms with Crippen LogP contribution in [0.2, 0.25) is 0 Å². The molecule has 0 saturated heterocycles. The van der Waals surface area contributed by atoms with Crippen LogP contribution in [0.15, 0.2) is 10.9 Å². The van der Waals surface area contributed by atoms with Gasteiger partial charge >= 0.3 is 0 Å². The quantitative estimate of drug-likeness (QED) is 0.685. The van der Waals surface area contributed by atoms with Gasteiger partial charge in [0.2, 0.25) is 0 Å². The van der Waals surface area contributed by atoms with E-state index in [9.17, 15) is 9.59 Å². The highest BCUT2D eigenvalue weighted by Crippen LogP contribution is 2.41. The molecule has 33 heavy (non-hydrogen) atoms. The zero-order chi connectivity index (χ0) is 23.9. The molecule has 7 heteroatoms. The summed E-state index contributed by atoms with van der Waals surface area (Å²) in [4.78, 5) is 36.9. The normalized spacial score (nSPS) is 20.9. The van der Waals surface area contributed by atoms with Crippen molar-refractivity contribution >= 4 is 22.2 Å². The molecule has 1 aliphatic heterocycles. The maximum absolute atomic E-state index is 13.5. The van der Waals surface area contributed by atoms with Crippen molar-refractivity contribution < 1.29 is 4.79 Å². The van der Waals surface area contributed by atoms with Gasteiger partial charge in [0.05, 0.1) is 17.1 Å². The summed E-state index contributed by atoms with van der Waals surface area (Å²) < 4.78 is 0. The van der Waals surface area contributed by atoms with Crippen molar-refractivity contribution in [1.29, 1.82) is 0 Å². The van der Waals surface area contributed by atoms with Crippen LogP contribution in [0.3, 0.4) is 0 Å². The summed E-state index contributed by atoms with van der Waals surface area (Å²) in [5.74, 6) is 0.0722. The Balaban J connectivity index is 1.56. The number of H-pyrrole nitrogens is 1. The molecule has 1 amide bonds. The van der Waals surface area contributed by atoms with Crippen molar-refractivity contribution in [2.75, 3.05) is 32.1 Å². The summed E-state index contributed by atoms with van der Waals surface area (Å²) >= 11 is 1.82. The molecule has 1 N–H and O–H groups in total. The lowest BCUT2D eigenvalue weighted by atomic mass is 9.89. The standard InChI is InChI=1S/C26H38N4O2S/c1-7-30(20-10-8-19(9-11-20)28(5)6)26-18(4)23-22(33-26)12-13-29(25(23)32)15-21-16(2)14-17(3)27-24(21)31/h14,19-20H,7-13,15H2,1-6H3,(H,27,31)/t19-,20-. The molecule has 0 bridgehead atoms. The van der Waals surface area contributed by atoms with Crippen molar-refractivity contribution in [2.24, 2.45) is 0 Å². The molecule has 0 aromatic carbocycles. The number of pyridine rings is 1. The Bertz CT molecular complexity index is 1080. The van der Waals surface area contributed by atoms with Gasteiger partial charge in [0.25, 0.3) is 11.5 Å². The average Bonchev–Trinajstić information content (AvgIpc) is 3.10. The Hall–Kier alpha value is -2.12. The molecule has 0 atom stereocenters. The number of nitrogens with one attached hydrogen (secondary N) is 1. The number of aromatic amines is 1. The third-order valence-corrected chi connectivity index (χ3v) is 8.97. The number of nitrogens with zero attached hydrogens (tertiary/aromatic N) is 3. The highest BCUT2D eigenvalue weighted by Gasteiger charge is 2.34. The van der Waals surface area contributed by atoms with Crippen LogP contribution in [0.5, 0.6) is 0 Å². The molecular weight excluding hydrogens is 432 g/mol. The van der Waals surface area contributed by atoms with Gasteiger partial charge in [-0.3, -0.25) is 9.59 Å². The van der Waals surface area contributed by atoms with E-state index in [4.69, 9.17) is 0 Å². The molecule has 0 radical (unpaired) electrons. The first-order valence-corrected chi connectivity index (χ1v) is 13.1. The summed E-state index contributed by atoms with van der Waals surface area (Å²) in [5.41, 5.74) is 4.41. The van der Waals surface area contributed by atoms with E-state index in [1.54, 1.807) is 0 Å². The number of hydrogen-bond acceptors (Lipinski definition) is 5. The van der Waals surface area contributed by atoms with Crippen molar-refractivity contribution in [3.63, 3.8) is 0 Å². The second kappa shape index (κ2) is 9.63. The van der Waals surface area contributed by atoms with Gasteiger partial charge in [-0.2, -0.15) is 0 Å². The SMILES string of the molecule is CCN(c1sc2c(c1C)C(=O)N(Cc1c(C)cc(C)[nH]c1=O)CC2)[C@H]1CC[C@H](N(C)C)CC1. The average molecular weight is 471 g/mol. The van der Waals surface area contributed by atoms with Crippen molar-refractivity contribution in [3.05, 3.63) is 49.2 Å². The number of aryl methyl sites for hydroxylation is 2. The van der Waals surface area contributed by atoms with E-state index in [-0.39, 0.29) is 11.5 Å². The van der Waals surface area contributed by atoms with E-state index in [1.807, 2.05) is 36.2 Å². The van der Waals surface area contributed by atoms with Crippen molar-refractivity contribution in [1.82, 2.24) is 14.8 Å². The van der Waals surface area contributed by atoms with E-state index in [2.05, 4.69) is 42.7 Å². The summed E-state index contributed by atoms with van der Waals surface area (Å²) in [6.07, 6.45) is 5.73. The molecule has 3 heterocycles. The Kier molecular flexibility index (Phi) is 7.01. The van der Waals surface area contributed by atoms with Crippen molar-refractivity contribution in [2.45, 2.75) is 78.4 Å². The first-order valence-electron chi connectivity index (χ1n) is 12.2. The fourth-order valence-corrected chi connectivity index (χ4v) is 7.08. The van der Waals surface area contributed by atoms with E-state index in [0.717, 1.165) is 35.3 Å². The molecule has 1 saturated carbocycles. The fourth-order valence-electron chi connectivity index (χ4n) is 5.66. The summed E-state index contributed by atoms with van der Waals surface area (Å²) in [6, 6.07) is 3.21. The number of fused-ring (bicyclic) bond motifs is 1. The highest BCUT2D eigenvalue weighted by molar-refractivity contribution is 7.16. The smallest absolute Gasteiger partial charge is 0.255 e. The minimum atomic E-state index is -0.0840. The molecule has 4 rings (SSSR count). The van der Waals surface area contributed by atoms with Gasteiger partial charge < -0.3 is 19.7 Å². The maximum Gasteiger partial charge on any atom is 0.255 e. The van der Waals surface area contributed by atoms with Crippen LogP contribution in [0.1, 0.15) is 70.2 Å². The molecule has 180 valence electrons. The van der Waals surface area contributed by atoms with E-state index < -0.39 is 0 Å². The first kappa shape index (κ1) is 24.0. The van der Waals surface area contributed by atoms with Gasteiger partial charge in [-0.1, -0.05) is 0 Å².